The quantitative estimate of drug-likeness (QED) is 0.820. The molecular formula is C13H22N2OS. The normalized spacial score (nSPS) is 20.3. The zero-order chi connectivity index (χ0) is 12.7. The van der Waals surface area contributed by atoms with Crippen molar-refractivity contribution in [3.8, 4) is 6.07 Å². The van der Waals surface area contributed by atoms with Gasteiger partial charge in [0, 0.05) is 11.8 Å². The van der Waals surface area contributed by atoms with Crippen molar-refractivity contribution < 1.29 is 4.79 Å². The number of carbonyl (C=O) groups excluding carboxylic acids is 1. The molecule has 0 aromatic heterocycles. The predicted octanol–water partition coefficient (Wildman–Crippen LogP) is 2.72. The van der Waals surface area contributed by atoms with Gasteiger partial charge < -0.3 is 5.32 Å². The molecule has 0 aromatic rings. The van der Waals surface area contributed by atoms with Gasteiger partial charge >= 0.3 is 0 Å². The molecule has 1 unspecified atom stereocenters. The molecule has 1 fully saturated rings. The number of thioether (sulfide) groups is 1. The monoisotopic (exact) mass is 254 g/mol. The lowest BCUT2D eigenvalue weighted by Crippen LogP contribution is -2.45. The largest absolute Gasteiger partial charge is 0.351 e. The highest BCUT2D eigenvalue weighted by Gasteiger charge is 2.40. The Bertz CT molecular complexity index is 292. The van der Waals surface area contributed by atoms with Crippen LogP contribution in [0.1, 0.15) is 46.0 Å². The van der Waals surface area contributed by atoms with Crippen LogP contribution in [0.3, 0.4) is 0 Å². The van der Waals surface area contributed by atoms with E-state index >= 15 is 0 Å². The summed E-state index contributed by atoms with van der Waals surface area (Å²) in [4.78, 5) is 12.2. The maximum atomic E-state index is 12.2. The van der Waals surface area contributed by atoms with E-state index in [1.54, 1.807) is 0 Å². The first kappa shape index (κ1) is 14.4. The lowest BCUT2D eigenvalue weighted by atomic mass is 9.74. The summed E-state index contributed by atoms with van der Waals surface area (Å²) in [5.74, 6) is 1.93. The molecule has 4 heteroatoms. The predicted molar refractivity (Wildman–Crippen MR) is 71.7 cm³/mol. The lowest BCUT2D eigenvalue weighted by molar-refractivity contribution is -0.130. The minimum atomic E-state index is -0.747. The average Bonchev–Trinajstić information content (AvgIpc) is 2.37. The molecule has 1 saturated carbocycles. The summed E-state index contributed by atoms with van der Waals surface area (Å²) in [5.41, 5.74) is -0.747. The summed E-state index contributed by atoms with van der Waals surface area (Å²) in [7, 11) is 0. The van der Waals surface area contributed by atoms with Gasteiger partial charge in [-0.05, 0) is 25.5 Å². The van der Waals surface area contributed by atoms with Crippen LogP contribution in [0.25, 0.3) is 0 Å². The smallest absolute Gasteiger partial charge is 0.240 e. The van der Waals surface area contributed by atoms with Crippen LogP contribution >= 0.6 is 11.8 Å². The molecule has 1 aliphatic rings. The van der Waals surface area contributed by atoms with Gasteiger partial charge in [-0.3, -0.25) is 4.79 Å². The molecule has 1 rings (SSSR count). The van der Waals surface area contributed by atoms with Crippen molar-refractivity contribution >= 4 is 17.7 Å². The fourth-order valence-electron chi connectivity index (χ4n) is 2.24. The Hall–Kier alpha value is -0.690. The summed E-state index contributed by atoms with van der Waals surface area (Å²) in [5, 5.41) is 12.3. The minimum absolute atomic E-state index is 0.0519. The number of nitrogens with one attached hydrogen (secondary N) is 1. The second-order valence-electron chi connectivity index (χ2n) is 4.79. The van der Waals surface area contributed by atoms with Crippen molar-refractivity contribution in [2.75, 3.05) is 11.5 Å². The van der Waals surface area contributed by atoms with Crippen molar-refractivity contribution in [1.29, 1.82) is 5.26 Å². The number of hydrogen-bond donors (Lipinski definition) is 1. The molecule has 0 bridgehead atoms. The molecule has 1 amide bonds. The van der Waals surface area contributed by atoms with Crippen LogP contribution in [-0.2, 0) is 4.79 Å². The summed E-state index contributed by atoms with van der Waals surface area (Å²) in [6.45, 7) is 4.12. The highest BCUT2D eigenvalue weighted by Crippen LogP contribution is 2.35. The summed E-state index contributed by atoms with van der Waals surface area (Å²) < 4.78 is 0. The van der Waals surface area contributed by atoms with Gasteiger partial charge in [-0.15, -0.1) is 0 Å². The van der Waals surface area contributed by atoms with E-state index in [-0.39, 0.29) is 11.9 Å². The lowest BCUT2D eigenvalue weighted by Gasteiger charge is -2.30. The maximum absolute atomic E-state index is 12.2. The van der Waals surface area contributed by atoms with Gasteiger partial charge in [0.05, 0.1) is 6.07 Å². The molecule has 1 N–H and O–H groups in total. The van der Waals surface area contributed by atoms with Gasteiger partial charge in [-0.2, -0.15) is 17.0 Å². The van der Waals surface area contributed by atoms with E-state index in [2.05, 4.69) is 18.3 Å². The molecule has 0 radical (unpaired) electrons. The van der Waals surface area contributed by atoms with Crippen LogP contribution in [0.5, 0.6) is 0 Å². The molecule has 1 aliphatic carbocycles. The molecule has 0 aromatic carbocycles. The van der Waals surface area contributed by atoms with E-state index in [4.69, 9.17) is 0 Å². The third-order valence-corrected chi connectivity index (χ3v) is 4.45. The van der Waals surface area contributed by atoms with Crippen molar-refractivity contribution in [2.24, 2.45) is 5.41 Å². The van der Waals surface area contributed by atoms with Gasteiger partial charge in [0.25, 0.3) is 0 Å². The Morgan fingerprint density at radius 3 is 2.65 bits per heavy atom. The van der Waals surface area contributed by atoms with Crippen LogP contribution in [0, 0.1) is 16.7 Å². The van der Waals surface area contributed by atoms with Gasteiger partial charge in [-0.1, -0.05) is 26.2 Å². The molecular weight excluding hydrogens is 232 g/mol. The number of rotatable bonds is 5. The first-order valence-electron chi connectivity index (χ1n) is 6.44. The zero-order valence-corrected chi connectivity index (χ0v) is 11.6. The van der Waals surface area contributed by atoms with Crippen LogP contribution in [0.4, 0.5) is 0 Å². The molecule has 3 nitrogen and oxygen atoms in total. The fraction of sp³-hybridized carbons (Fsp3) is 0.846. The Morgan fingerprint density at radius 1 is 1.47 bits per heavy atom. The van der Waals surface area contributed by atoms with Crippen molar-refractivity contribution in [3.63, 3.8) is 0 Å². The molecule has 0 saturated heterocycles. The van der Waals surface area contributed by atoms with Crippen LogP contribution < -0.4 is 5.32 Å². The molecule has 0 spiro atoms. The first-order valence-corrected chi connectivity index (χ1v) is 7.60. The summed E-state index contributed by atoms with van der Waals surface area (Å²) in [6.07, 6.45) is 4.60. The highest BCUT2D eigenvalue weighted by molar-refractivity contribution is 7.99. The number of nitriles is 1. The number of amides is 1. The van der Waals surface area contributed by atoms with Crippen LogP contribution in [0.2, 0.25) is 0 Å². The Balaban J connectivity index is 2.52. The van der Waals surface area contributed by atoms with E-state index in [1.807, 2.05) is 18.7 Å². The van der Waals surface area contributed by atoms with E-state index in [0.717, 1.165) is 43.6 Å². The molecule has 0 aliphatic heterocycles. The van der Waals surface area contributed by atoms with Crippen molar-refractivity contribution in [2.45, 2.75) is 52.0 Å². The van der Waals surface area contributed by atoms with Gasteiger partial charge in [0.1, 0.15) is 5.41 Å². The number of carbonyl (C=O) groups is 1. The molecule has 96 valence electrons. The molecule has 0 heterocycles. The fourth-order valence-corrected chi connectivity index (χ4v) is 2.92. The van der Waals surface area contributed by atoms with Crippen molar-refractivity contribution in [1.82, 2.24) is 5.32 Å². The SMILES string of the molecule is CCSCC(C)NC(=O)C1(C#N)CCCCC1. The number of hydrogen-bond acceptors (Lipinski definition) is 3. The Kier molecular flexibility index (Phi) is 5.84. The molecule has 17 heavy (non-hydrogen) atoms. The molecule has 1 atom stereocenters. The minimum Gasteiger partial charge on any atom is -0.351 e. The van der Waals surface area contributed by atoms with Gasteiger partial charge in [0.15, 0.2) is 0 Å². The van der Waals surface area contributed by atoms with E-state index in [1.165, 1.54) is 0 Å². The van der Waals surface area contributed by atoms with Gasteiger partial charge in [0.2, 0.25) is 5.91 Å². The summed E-state index contributed by atoms with van der Waals surface area (Å²) >= 11 is 1.81. The van der Waals surface area contributed by atoms with Crippen LogP contribution in [-0.4, -0.2) is 23.5 Å². The second kappa shape index (κ2) is 6.90. The van der Waals surface area contributed by atoms with E-state index in [0.29, 0.717) is 0 Å². The topological polar surface area (TPSA) is 52.9 Å². The zero-order valence-electron chi connectivity index (χ0n) is 10.8. The van der Waals surface area contributed by atoms with E-state index < -0.39 is 5.41 Å². The Labute approximate surface area is 108 Å². The number of nitrogens with zero attached hydrogens (tertiary/aromatic N) is 1. The highest BCUT2D eigenvalue weighted by atomic mass is 32.2. The van der Waals surface area contributed by atoms with Crippen molar-refractivity contribution in [3.05, 3.63) is 0 Å². The average molecular weight is 254 g/mol. The third kappa shape index (κ3) is 3.92. The third-order valence-electron chi connectivity index (χ3n) is 3.31. The standard InChI is InChI=1S/C13H22N2OS/c1-3-17-9-11(2)15-12(16)13(10-14)7-5-4-6-8-13/h11H,3-9H2,1-2H3,(H,15,16). The van der Waals surface area contributed by atoms with E-state index in [9.17, 15) is 10.1 Å². The first-order chi connectivity index (χ1) is 8.14. The maximum Gasteiger partial charge on any atom is 0.240 e. The summed E-state index contributed by atoms with van der Waals surface area (Å²) in [6, 6.07) is 2.41. The van der Waals surface area contributed by atoms with Crippen LogP contribution in [0.15, 0.2) is 0 Å². The van der Waals surface area contributed by atoms with Gasteiger partial charge in [-0.25, -0.2) is 0 Å². The Morgan fingerprint density at radius 2 is 2.12 bits per heavy atom. The second-order valence-corrected chi connectivity index (χ2v) is 6.11.